The summed E-state index contributed by atoms with van der Waals surface area (Å²) >= 11 is 0. The molecule has 0 amide bonds. The van der Waals surface area contributed by atoms with Crippen LogP contribution < -0.4 is 0 Å². The van der Waals surface area contributed by atoms with Crippen LogP contribution in [-0.2, 0) is 14.3 Å². The lowest BCUT2D eigenvalue weighted by Gasteiger charge is -2.24. The Morgan fingerprint density at radius 1 is 1.15 bits per heavy atom. The molecule has 20 heavy (non-hydrogen) atoms. The molecule has 0 saturated carbocycles. The maximum absolute atomic E-state index is 11.5. The number of hydrogen-bond donors (Lipinski definition) is 5. The Morgan fingerprint density at radius 2 is 1.70 bits per heavy atom. The normalized spacial score (nSPS) is 16.9. The lowest BCUT2D eigenvalue weighted by molar-refractivity contribution is -0.149. The standard InChI is InChI=1S/C12H20O8/c1-6(2)12(19)20-4-3-7(14)9(16)11(18)10(17)8(15)5-13/h8-11,13,15-18H,1,3-5H2,2H3. The van der Waals surface area contributed by atoms with Crippen LogP contribution >= 0.6 is 0 Å². The number of esters is 1. The van der Waals surface area contributed by atoms with Crippen molar-refractivity contribution in [1.82, 2.24) is 0 Å². The highest BCUT2D eigenvalue weighted by atomic mass is 16.5. The highest BCUT2D eigenvalue weighted by Gasteiger charge is 2.33. The summed E-state index contributed by atoms with van der Waals surface area (Å²) in [5, 5.41) is 45.9. The van der Waals surface area contributed by atoms with Crippen molar-refractivity contribution in [2.75, 3.05) is 13.2 Å². The minimum Gasteiger partial charge on any atom is -0.462 e. The average Bonchev–Trinajstić information content (AvgIpc) is 2.43. The van der Waals surface area contributed by atoms with Gasteiger partial charge in [-0.1, -0.05) is 6.58 Å². The third kappa shape index (κ3) is 5.76. The van der Waals surface area contributed by atoms with Gasteiger partial charge in [-0.2, -0.15) is 0 Å². The Morgan fingerprint density at radius 3 is 2.15 bits per heavy atom. The zero-order valence-electron chi connectivity index (χ0n) is 11.1. The van der Waals surface area contributed by atoms with Gasteiger partial charge in [-0.3, -0.25) is 4.79 Å². The van der Waals surface area contributed by atoms with Crippen molar-refractivity contribution in [3.63, 3.8) is 0 Å². The second-order valence-electron chi connectivity index (χ2n) is 4.31. The lowest BCUT2D eigenvalue weighted by Crippen LogP contribution is -2.48. The van der Waals surface area contributed by atoms with Gasteiger partial charge in [-0.25, -0.2) is 4.79 Å². The second kappa shape index (κ2) is 8.77. The largest absolute Gasteiger partial charge is 0.462 e. The van der Waals surface area contributed by atoms with Crippen LogP contribution in [0.15, 0.2) is 12.2 Å². The summed E-state index contributed by atoms with van der Waals surface area (Å²) in [5.41, 5.74) is 0.152. The smallest absolute Gasteiger partial charge is 0.333 e. The fraction of sp³-hybridized carbons (Fsp3) is 0.667. The van der Waals surface area contributed by atoms with Gasteiger partial charge in [0.05, 0.1) is 13.2 Å². The first kappa shape index (κ1) is 18.7. The maximum atomic E-state index is 11.5. The number of carbonyl (C=O) groups excluding carboxylic acids is 2. The van der Waals surface area contributed by atoms with E-state index in [1.165, 1.54) is 6.92 Å². The number of ketones is 1. The zero-order chi connectivity index (χ0) is 15.9. The van der Waals surface area contributed by atoms with Crippen molar-refractivity contribution in [3.05, 3.63) is 12.2 Å². The number of rotatable bonds is 9. The molecule has 4 atom stereocenters. The molecule has 0 radical (unpaired) electrons. The van der Waals surface area contributed by atoms with Crippen LogP contribution in [0.25, 0.3) is 0 Å². The van der Waals surface area contributed by atoms with Crippen molar-refractivity contribution < 1.29 is 39.9 Å². The summed E-state index contributed by atoms with van der Waals surface area (Å²) in [7, 11) is 0. The van der Waals surface area contributed by atoms with E-state index in [1.807, 2.05) is 0 Å². The Bertz CT molecular complexity index is 353. The summed E-state index contributed by atoms with van der Waals surface area (Å²) < 4.78 is 4.63. The molecule has 0 rings (SSSR count). The molecule has 0 fully saturated rings. The van der Waals surface area contributed by atoms with Gasteiger partial charge >= 0.3 is 5.97 Å². The van der Waals surface area contributed by atoms with Crippen molar-refractivity contribution in [1.29, 1.82) is 0 Å². The molecule has 8 heteroatoms. The van der Waals surface area contributed by atoms with E-state index < -0.39 is 42.8 Å². The van der Waals surface area contributed by atoms with Gasteiger partial charge in [0.25, 0.3) is 0 Å². The van der Waals surface area contributed by atoms with Crippen molar-refractivity contribution in [2.24, 2.45) is 0 Å². The molecule has 0 bridgehead atoms. The van der Waals surface area contributed by atoms with Gasteiger partial charge in [-0.05, 0) is 6.92 Å². The Kier molecular flexibility index (Phi) is 8.19. The molecule has 0 aromatic heterocycles. The molecule has 0 spiro atoms. The molecule has 8 nitrogen and oxygen atoms in total. The first-order valence-corrected chi connectivity index (χ1v) is 5.90. The first-order chi connectivity index (χ1) is 9.22. The quantitative estimate of drug-likeness (QED) is 0.232. The third-order valence-electron chi connectivity index (χ3n) is 2.51. The van der Waals surface area contributed by atoms with E-state index in [0.717, 1.165) is 0 Å². The maximum Gasteiger partial charge on any atom is 0.333 e. The van der Waals surface area contributed by atoms with Gasteiger partial charge in [0.2, 0.25) is 0 Å². The van der Waals surface area contributed by atoms with E-state index in [2.05, 4.69) is 11.3 Å². The van der Waals surface area contributed by atoms with Crippen LogP contribution in [0, 0.1) is 0 Å². The summed E-state index contributed by atoms with van der Waals surface area (Å²) in [6.07, 6.45) is -7.86. The van der Waals surface area contributed by atoms with E-state index in [0.29, 0.717) is 0 Å². The molecule has 4 unspecified atom stereocenters. The highest BCUT2D eigenvalue weighted by molar-refractivity contribution is 5.87. The van der Waals surface area contributed by atoms with Crippen LogP contribution in [0.5, 0.6) is 0 Å². The summed E-state index contributed by atoms with van der Waals surface area (Å²) in [4.78, 5) is 22.5. The van der Waals surface area contributed by atoms with Crippen LogP contribution in [0.3, 0.4) is 0 Å². The molecular formula is C12H20O8. The Hall–Kier alpha value is -1.32. The van der Waals surface area contributed by atoms with Crippen molar-refractivity contribution in [2.45, 2.75) is 37.8 Å². The van der Waals surface area contributed by atoms with Crippen LogP contribution in [0.1, 0.15) is 13.3 Å². The van der Waals surface area contributed by atoms with Crippen LogP contribution in [-0.4, -0.2) is 74.9 Å². The number of ether oxygens (including phenoxy) is 1. The molecule has 0 aliphatic heterocycles. The van der Waals surface area contributed by atoms with Gasteiger partial charge in [0.1, 0.15) is 24.4 Å². The number of Topliss-reactive ketones (excluding diaryl/α,β-unsaturated/α-hetero) is 1. The van der Waals surface area contributed by atoms with Crippen LogP contribution in [0.2, 0.25) is 0 Å². The summed E-state index contributed by atoms with van der Waals surface area (Å²) in [5.74, 6) is -1.57. The monoisotopic (exact) mass is 292 g/mol. The average molecular weight is 292 g/mol. The number of aliphatic hydroxyl groups excluding tert-OH is 5. The van der Waals surface area contributed by atoms with E-state index in [4.69, 9.17) is 10.2 Å². The first-order valence-electron chi connectivity index (χ1n) is 5.90. The molecule has 0 aromatic rings. The molecule has 0 aromatic carbocycles. The molecule has 116 valence electrons. The van der Waals surface area contributed by atoms with Gasteiger partial charge in [-0.15, -0.1) is 0 Å². The summed E-state index contributed by atoms with van der Waals surface area (Å²) in [6.45, 7) is 3.61. The van der Waals surface area contributed by atoms with Crippen LogP contribution in [0.4, 0.5) is 0 Å². The summed E-state index contributed by atoms with van der Waals surface area (Å²) in [6, 6.07) is 0. The lowest BCUT2D eigenvalue weighted by atomic mass is 9.99. The molecular weight excluding hydrogens is 272 g/mol. The highest BCUT2D eigenvalue weighted by Crippen LogP contribution is 2.08. The predicted octanol–water partition coefficient (Wildman–Crippen LogP) is -2.50. The number of carbonyl (C=O) groups is 2. The van der Waals surface area contributed by atoms with Gasteiger partial charge in [0, 0.05) is 12.0 Å². The van der Waals surface area contributed by atoms with E-state index >= 15 is 0 Å². The number of aliphatic hydroxyl groups is 5. The van der Waals surface area contributed by atoms with Crippen molar-refractivity contribution in [3.8, 4) is 0 Å². The zero-order valence-corrected chi connectivity index (χ0v) is 11.1. The minimum atomic E-state index is -1.96. The molecule has 0 aliphatic carbocycles. The van der Waals surface area contributed by atoms with Gasteiger partial charge < -0.3 is 30.3 Å². The molecule has 0 heterocycles. The van der Waals surface area contributed by atoms with E-state index in [-0.39, 0.29) is 18.6 Å². The molecule has 0 saturated heterocycles. The van der Waals surface area contributed by atoms with Crippen molar-refractivity contribution >= 4 is 11.8 Å². The fourth-order valence-corrected chi connectivity index (χ4v) is 1.23. The predicted molar refractivity (Wildman–Crippen MR) is 66.5 cm³/mol. The Labute approximate surface area is 115 Å². The third-order valence-corrected chi connectivity index (χ3v) is 2.51. The Balaban J connectivity index is 4.27. The van der Waals surface area contributed by atoms with Gasteiger partial charge in [0.15, 0.2) is 5.78 Å². The second-order valence-corrected chi connectivity index (χ2v) is 4.31. The van der Waals surface area contributed by atoms with E-state index in [9.17, 15) is 24.9 Å². The number of hydrogen-bond acceptors (Lipinski definition) is 8. The molecule has 5 N–H and O–H groups in total. The SMILES string of the molecule is C=C(C)C(=O)OCCC(=O)C(O)C(O)C(O)C(O)CO. The van der Waals surface area contributed by atoms with E-state index in [1.54, 1.807) is 0 Å². The topological polar surface area (TPSA) is 145 Å². The minimum absolute atomic E-state index is 0.152. The fourth-order valence-electron chi connectivity index (χ4n) is 1.23. The molecule has 0 aliphatic rings.